The summed E-state index contributed by atoms with van der Waals surface area (Å²) in [6.45, 7) is 7.58. The summed E-state index contributed by atoms with van der Waals surface area (Å²) in [6, 6.07) is 9.28. The van der Waals surface area contributed by atoms with Gasteiger partial charge in [-0.25, -0.2) is 4.79 Å². The topological polar surface area (TPSA) is 66.8 Å². The molecule has 1 aromatic carbocycles. The average Bonchev–Trinajstić information content (AvgIpc) is 3.35. The molecule has 1 aliphatic rings. The Labute approximate surface area is 177 Å². The highest BCUT2D eigenvalue weighted by Gasteiger charge is 2.21. The summed E-state index contributed by atoms with van der Waals surface area (Å²) in [6.07, 6.45) is 5.25. The normalized spacial score (nSPS) is 16.2. The van der Waals surface area contributed by atoms with E-state index in [1.54, 1.807) is 6.08 Å². The quantitative estimate of drug-likeness (QED) is 0.353. The van der Waals surface area contributed by atoms with Gasteiger partial charge in [0.2, 0.25) is 5.78 Å². The van der Waals surface area contributed by atoms with Gasteiger partial charge in [-0.3, -0.25) is 4.79 Å². The number of nitrogens with zero attached hydrogens (tertiary/aromatic N) is 1. The van der Waals surface area contributed by atoms with Gasteiger partial charge in [-0.15, -0.1) is 0 Å². The molecular formula is C24H29NO5. The molecule has 0 amide bonds. The van der Waals surface area contributed by atoms with Gasteiger partial charge >= 0.3 is 5.97 Å². The first kappa shape index (κ1) is 21.8. The zero-order chi connectivity index (χ0) is 21.5. The van der Waals surface area contributed by atoms with Crippen LogP contribution >= 0.6 is 0 Å². The van der Waals surface area contributed by atoms with Crippen LogP contribution in [0.3, 0.4) is 0 Å². The molecule has 6 nitrogen and oxygen atoms in total. The van der Waals surface area contributed by atoms with E-state index in [0.29, 0.717) is 17.9 Å². The number of carbonyl (C=O) groups is 2. The van der Waals surface area contributed by atoms with Crippen molar-refractivity contribution >= 4 is 17.8 Å². The number of esters is 1. The number of aryl methyl sites for hydroxylation is 1. The molecule has 0 spiro atoms. The molecule has 0 bridgehead atoms. The summed E-state index contributed by atoms with van der Waals surface area (Å²) in [5.74, 6) is -0.0835. The fourth-order valence-electron chi connectivity index (χ4n) is 3.68. The average molecular weight is 411 g/mol. The number of para-hydroxylation sites is 1. The zero-order valence-corrected chi connectivity index (χ0v) is 17.8. The predicted molar refractivity (Wildman–Crippen MR) is 115 cm³/mol. The molecule has 6 heteroatoms. The van der Waals surface area contributed by atoms with Gasteiger partial charge in [0.05, 0.1) is 12.7 Å². The van der Waals surface area contributed by atoms with E-state index in [2.05, 4.69) is 4.57 Å². The minimum Gasteiger partial charge on any atom is -0.493 e. The molecule has 1 aliphatic heterocycles. The fraction of sp³-hybridized carbons (Fsp3) is 0.417. The molecule has 1 atom stereocenters. The van der Waals surface area contributed by atoms with Crippen molar-refractivity contribution in [3.63, 3.8) is 0 Å². The fourth-order valence-corrected chi connectivity index (χ4v) is 3.68. The van der Waals surface area contributed by atoms with E-state index in [-0.39, 0.29) is 18.5 Å². The first-order valence-electron chi connectivity index (χ1n) is 10.4. The third-order valence-corrected chi connectivity index (χ3v) is 5.25. The Morgan fingerprint density at radius 3 is 2.80 bits per heavy atom. The number of rotatable bonds is 9. The van der Waals surface area contributed by atoms with Crippen LogP contribution in [0.1, 0.15) is 47.1 Å². The van der Waals surface area contributed by atoms with Crippen LogP contribution in [0.25, 0.3) is 6.08 Å². The number of ether oxygens (including phenoxy) is 3. The monoisotopic (exact) mass is 411 g/mol. The van der Waals surface area contributed by atoms with Gasteiger partial charge in [-0.1, -0.05) is 18.2 Å². The Hall–Kier alpha value is -2.86. The summed E-state index contributed by atoms with van der Waals surface area (Å²) < 4.78 is 18.5. The molecule has 0 saturated carbocycles. The van der Waals surface area contributed by atoms with Crippen LogP contribution in [0.15, 0.2) is 36.4 Å². The molecule has 1 saturated heterocycles. The van der Waals surface area contributed by atoms with Crippen molar-refractivity contribution in [1.29, 1.82) is 0 Å². The Morgan fingerprint density at radius 1 is 1.27 bits per heavy atom. The van der Waals surface area contributed by atoms with Gasteiger partial charge < -0.3 is 18.8 Å². The van der Waals surface area contributed by atoms with Gasteiger partial charge in [0.1, 0.15) is 5.75 Å². The maximum atomic E-state index is 12.6. The van der Waals surface area contributed by atoms with Crippen molar-refractivity contribution in [1.82, 2.24) is 4.57 Å². The van der Waals surface area contributed by atoms with Crippen molar-refractivity contribution in [2.24, 2.45) is 0 Å². The van der Waals surface area contributed by atoms with Gasteiger partial charge in [-0.2, -0.15) is 0 Å². The van der Waals surface area contributed by atoms with E-state index in [4.69, 9.17) is 14.2 Å². The lowest BCUT2D eigenvalue weighted by molar-refractivity contribution is -0.136. The maximum absolute atomic E-state index is 12.6. The number of Topliss-reactive ketones (excluding diaryl/α,β-unsaturated/α-hetero) is 1. The second-order valence-electron chi connectivity index (χ2n) is 7.37. The molecular weight excluding hydrogens is 382 g/mol. The number of hydrogen-bond donors (Lipinski definition) is 0. The molecule has 0 N–H and O–H groups in total. The second-order valence-corrected chi connectivity index (χ2v) is 7.37. The lowest BCUT2D eigenvalue weighted by atomic mass is 10.1. The lowest BCUT2D eigenvalue weighted by Gasteiger charge is -2.14. The van der Waals surface area contributed by atoms with Gasteiger partial charge in [-0.05, 0) is 51.8 Å². The highest BCUT2D eigenvalue weighted by Crippen LogP contribution is 2.21. The van der Waals surface area contributed by atoms with Crippen LogP contribution in [-0.2, 0) is 20.8 Å². The van der Waals surface area contributed by atoms with Crippen molar-refractivity contribution in [2.45, 2.75) is 46.3 Å². The van der Waals surface area contributed by atoms with E-state index in [1.165, 1.54) is 6.08 Å². The number of carbonyl (C=O) groups excluding carboxylic acids is 2. The lowest BCUT2D eigenvalue weighted by Crippen LogP contribution is -2.18. The van der Waals surface area contributed by atoms with Crippen molar-refractivity contribution < 1.29 is 23.8 Å². The van der Waals surface area contributed by atoms with E-state index in [9.17, 15) is 9.59 Å². The standard InChI is InChI=1S/C24H29NO5/c1-4-28-23-10-6-5-8-19(23)11-12-24(27)30-16-22(26)21-14-17(2)25(18(21)3)15-20-9-7-13-29-20/h5-6,8,10-12,14,20H,4,7,9,13,15-16H2,1-3H3/b12-11+/t20-/m1/s1. The Kier molecular flexibility index (Phi) is 7.46. The number of ketones is 1. The van der Waals surface area contributed by atoms with Gasteiger partial charge in [0.15, 0.2) is 6.61 Å². The van der Waals surface area contributed by atoms with Crippen LogP contribution in [0.4, 0.5) is 0 Å². The minimum absolute atomic E-state index is 0.195. The van der Waals surface area contributed by atoms with E-state index in [0.717, 1.165) is 42.9 Å². The summed E-state index contributed by atoms with van der Waals surface area (Å²) in [7, 11) is 0. The molecule has 0 aliphatic carbocycles. The van der Waals surface area contributed by atoms with Crippen molar-refractivity contribution in [2.75, 3.05) is 19.8 Å². The first-order valence-corrected chi connectivity index (χ1v) is 10.4. The molecule has 1 aromatic heterocycles. The van der Waals surface area contributed by atoms with E-state index >= 15 is 0 Å². The first-order chi connectivity index (χ1) is 14.5. The predicted octanol–water partition coefficient (Wildman–Crippen LogP) is 4.12. The Bertz CT molecular complexity index is 922. The molecule has 2 heterocycles. The zero-order valence-electron chi connectivity index (χ0n) is 17.8. The van der Waals surface area contributed by atoms with Gasteiger partial charge in [0.25, 0.3) is 0 Å². The highest BCUT2D eigenvalue weighted by atomic mass is 16.5. The van der Waals surface area contributed by atoms with Crippen LogP contribution in [0.5, 0.6) is 5.75 Å². The largest absolute Gasteiger partial charge is 0.493 e. The third-order valence-electron chi connectivity index (χ3n) is 5.25. The van der Waals surface area contributed by atoms with Crippen LogP contribution in [0.2, 0.25) is 0 Å². The Balaban J connectivity index is 1.58. The van der Waals surface area contributed by atoms with E-state index < -0.39 is 5.97 Å². The van der Waals surface area contributed by atoms with Crippen LogP contribution in [-0.4, -0.2) is 42.2 Å². The minimum atomic E-state index is -0.567. The van der Waals surface area contributed by atoms with Crippen LogP contribution < -0.4 is 4.74 Å². The second kappa shape index (κ2) is 10.3. The molecule has 3 rings (SSSR count). The van der Waals surface area contributed by atoms with E-state index in [1.807, 2.05) is 51.1 Å². The summed E-state index contributed by atoms with van der Waals surface area (Å²) >= 11 is 0. The third kappa shape index (κ3) is 5.39. The van der Waals surface area contributed by atoms with Gasteiger partial charge in [0, 0.05) is 41.7 Å². The smallest absolute Gasteiger partial charge is 0.331 e. The maximum Gasteiger partial charge on any atom is 0.331 e. The molecule has 0 unspecified atom stereocenters. The molecule has 0 radical (unpaired) electrons. The molecule has 30 heavy (non-hydrogen) atoms. The summed E-state index contributed by atoms with van der Waals surface area (Å²) in [4.78, 5) is 24.7. The van der Waals surface area contributed by atoms with Crippen LogP contribution in [0, 0.1) is 13.8 Å². The number of aromatic nitrogens is 1. The molecule has 1 fully saturated rings. The number of benzene rings is 1. The highest BCUT2D eigenvalue weighted by molar-refractivity contribution is 6.00. The SMILES string of the molecule is CCOc1ccccc1/C=C/C(=O)OCC(=O)c1cc(C)n(C[C@H]2CCCO2)c1C. The summed E-state index contributed by atoms with van der Waals surface area (Å²) in [5, 5.41) is 0. The van der Waals surface area contributed by atoms with Crippen molar-refractivity contribution in [3.8, 4) is 5.75 Å². The molecule has 160 valence electrons. The summed E-state index contributed by atoms with van der Waals surface area (Å²) in [5.41, 5.74) is 3.25. The molecule has 2 aromatic rings. The Morgan fingerprint density at radius 2 is 2.07 bits per heavy atom. The number of hydrogen-bond acceptors (Lipinski definition) is 5. The van der Waals surface area contributed by atoms with Crippen molar-refractivity contribution in [3.05, 3.63) is 58.9 Å².